The highest BCUT2D eigenvalue weighted by Crippen LogP contribution is 2.31. The smallest absolute Gasteiger partial charge is 0.246 e. The lowest BCUT2D eigenvalue weighted by Crippen LogP contribution is -2.36. The monoisotopic (exact) mass is 516 g/mol. The van der Waals surface area contributed by atoms with Gasteiger partial charge in [-0.3, -0.25) is 14.8 Å². The van der Waals surface area contributed by atoms with Gasteiger partial charge in [-0.2, -0.15) is 0 Å². The predicted octanol–water partition coefficient (Wildman–Crippen LogP) is 4.01. The van der Waals surface area contributed by atoms with Gasteiger partial charge in [-0.15, -0.1) is 0 Å². The number of carbonyl (C=O) groups excluding carboxylic acids is 1. The lowest BCUT2D eigenvalue weighted by Gasteiger charge is -2.26. The van der Waals surface area contributed by atoms with Gasteiger partial charge in [0.05, 0.1) is 22.4 Å². The van der Waals surface area contributed by atoms with Crippen LogP contribution in [0.4, 0.5) is 17.3 Å². The number of nitrogens with zero attached hydrogens (tertiary/aromatic N) is 7. The third-order valence-electron chi connectivity index (χ3n) is 6.21. The Balaban J connectivity index is 1.33. The number of ether oxygens (including phenoxy) is 1. The fourth-order valence-electron chi connectivity index (χ4n) is 4.18. The molecule has 10 nitrogen and oxygen atoms in total. The molecule has 0 radical (unpaired) electrons. The molecule has 4 aromatic rings. The molecule has 1 amide bonds. The molecular weight excluding hydrogens is 492 g/mol. The number of anilines is 3. The number of nitrogens with one attached hydrogen (secondary N) is 1. The average molecular weight is 517 g/mol. The van der Waals surface area contributed by atoms with Crippen LogP contribution in [-0.2, 0) is 11.4 Å². The van der Waals surface area contributed by atoms with E-state index in [1.54, 1.807) is 35.6 Å². The van der Waals surface area contributed by atoms with Crippen molar-refractivity contribution in [2.45, 2.75) is 19.1 Å². The van der Waals surface area contributed by atoms with Crippen molar-refractivity contribution in [2.24, 2.45) is 0 Å². The number of likely N-dealkylation sites (tertiary alicyclic amines) is 1. The number of rotatable bonds is 8. The fraction of sp³-hybridized carbons (Fsp3) is 0.231. The molecule has 1 atom stereocenters. The maximum absolute atomic E-state index is 12.0. The van der Waals surface area contributed by atoms with Crippen LogP contribution in [0.1, 0.15) is 12.1 Å². The van der Waals surface area contributed by atoms with Crippen molar-refractivity contribution >= 4 is 45.9 Å². The second-order valence-corrected chi connectivity index (χ2v) is 8.96. The summed E-state index contributed by atoms with van der Waals surface area (Å²) in [5, 5.41) is 3.74. The van der Waals surface area contributed by atoms with E-state index in [1.807, 2.05) is 25.2 Å². The van der Waals surface area contributed by atoms with Crippen LogP contribution < -0.4 is 15.0 Å². The third kappa shape index (κ3) is 5.44. The van der Waals surface area contributed by atoms with E-state index in [4.69, 9.17) is 21.3 Å². The van der Waals surface area contributed by atoms with Gasteiger partial charge in [0.15, 0.2) is 5.82 Å². The van der Waals surface area contributed by atoms with E-state index in [9.17, 15) is 4.79 Å². The molecule has 1 saturated heterocycles. The minimum absolute atomic E-state index is 0.0499. The van der Waals surface area contributed by atoms with Gasteiger partial charge < -0.3 is 19.9 Å². The minimum atomic E-state index is -0.0499. The van der Waals surface area contributed by atoms with Gasteiger partial charge in [-0.1, -0.05) is 18.2 Å². The van der Waals surface area contributed by atoms with E-state index in [2.05, 4.69) is 36.7 Å². The first-order valence-electron chi connectivity index (χ1n) is 11.7. The van der Waals surface area contributed by atoms with E-state index in [0.29, 0.717) is 46.4 Å². The van der Waals surface area contributed by atoms with E-state index in [-0.39, 0.29) is 18.6 Å². The first kappa shape index (κ1) is 24.4. The largest absolute Gasteiger partial charge is 0.486 e. The van der Waals surface area contributed by atoms with Gasteiger partial charge in [0, 0.05) is 44.3 Å². The summed E-state index contributed by atoms with van der Waals surface area (Å²) in [4.78, 5) is 37.7. The van der Waals surface area contributed by atoms with Crippen LogP contribution in [0.2, 0.25) is 5.02 Å². The lowest BCUT2D eigenvalue weighted by molar-refractivity contribution is -0.125. The number of benzene rings is 1. The molecule has 1 unspecified atom stereocenters. The van der Waals surface area contributed by atoms with Crippen LogP contribution in [-0.4, -0.2) is 61.9 Å². The highest BCUT2D eigenvalue weighted by Gasteiger charge is 2.28. The Labute approximate surface area is 219 Å². The molecular formula is C26H25ClN8O2. The van der Waals surface area contributed by atoms with Crippen LogP contribution in [0, 0.1) is 0 Å². The number of hydrogen-bond acceptors (Lipinski definition) is 9. The molecule has 0 aliphatic carbocycles. The summed E-state index contributed by atoms with van der Waals surface area (Å²) in [6.45, 7) is 5.17. The van der Waals surface area contributed by atoms with Gasteiger partial charge in [-0.05, 0) is 42.8 Å². The zero-order valence-electron chi connectivity index (χ0n) is 20.2. The molecule has 1 fully saturated rings. The van der Waals surface area contributed by atoms with Crippen molar-refractivity contribution < 1.29 is 9.53 Å². The van der Waals surface area contributed by atoms with E-state index >= 15 is 0 Å². The fourth-order valence-corrected chi connectivity index (χ4v) is 4.42. The predicted molar refractivity (Wildman–Crippen MR) is 142 cm³/mol. The highest BCUT2D eigenvalue weighted by atomic mass is 35.5. The van der Waals surface area contributed by atoms with Gasteiger partial charge in [0.1, 0.15) is 30.0 Å². The van der Waals surface area contributed by atoms with Crippen LogP contribution in [0.15, 0.2) is 67.9 Å². The topological polar surface area (TPSA) is 109 Å². The van der Waals surface area contributed by atoms with Gasteiger partial charge in [0.2, 0.25) is 5.91 Å². The SMILES string of the molecule is C=CC(=O)N1CCC(N(C)c2ccc3ncnc(Nc4ccc(OCc5cnccn5)c(Cl)c4)c3n2)C1. The summed E-state index contributed by atoms with van der Waals surface area (Å²) in [6, 6.07) is 9.40. The molecule has 188 valence electrons. The number of carbonyl (C=O) groups is 1. The summed E-state index contributed by atoms with van der Waals surface area (Å²) in [5.74, 6) is 1.81. The van der Waals surface area contributed by atoms with E-state index in [1.165, 1.54) is 12.4 Å². The van der Waals surface area contributed by atoms with E-state index in [0.717, 1.165) is 17.9 Å². The third-order valence-corrected chi connectivity index (χ3v) is 6.51. The summed E-state index contributed by atoms with van der Waals surface area (Å²) < 4.78 is 5.78. The zero-order chi connectivity index (χ0) is 25.8. The number of fused-ring (bicyclic) bond motifs is 1. The number of likely N-dealkylation sites (N-methyl/N-ethyl adjacent to an activating group) is 1. The molecule has 1 aliphatic heterocycles. The molecule has 11 heteroatoms. The van der Waals surface area contributed by atoms with Gasteiger partial charge in [-0.25, -0.2) is 15.0 Å². The van der Waals surface area contributed by atoms with Crippen LogP contribution in [0.25, 0.3) is 11.0 Å². The summed E-state index contributed by atoms with van der Waals surface area (Å²) in [5.41, 5.74) is 2.77. The normalized spacial score (nSPS) is 15.0. The first-order chi connectivity index (χ1) is 18.0. The molecule has 5 rings (SSSR count). The number of hydrogen-bond donors (Lipinski definition) is 1. The van der Waals surface area contributed by atoms with Crippen molar-refractivity contribution in [2.75, 3.05) is 30.4 Å². The van der Waals surface area contributed by atoms with Crippen LogP contribution >= 0.6 is 11.6 Å². The Morgan fingerprint density at radius 3 is 2.95 bits per heavy atom. The van der Waals surface area contributed by atoms with Crippen molar-refractivity contribution in [1.82, 2.24) is 29.8 Å². The van der Waals surface area contributed by atoms with Crippen LogP contribution in [0.3, 0.4) is 0 Å². The Bertz CT molecular complexity index is 1440. The first-order valence-corrected chi connectivity index (χ1v) is 12.1. The van der Waals surface area contributed by atoms with E-state index < -0.39 is 0 Å². The number of aromatic nitrogens is 5. The molecule has 4 heterocycles. The molecule has 1 N–H and O–H groups in total. The second-order valence-electron chi connectivity index (χ2n) is 8.56. The molecule has 1 aliphatic rings. The summed E-state index contributed by atoms with van der Waals surface area (Å²) >= 11 is 6.47. The Morgan fingerprint density at radius 1 is 1.27 bits per heavy atom. The molecule has 0 spiro atoms. The Morgan fingerprint density at radius 2 is 2.16 bits per heavy atom. The van der Waals surface area contributed by atoms with Gasteiger partial charge in [0.25, 0.3) is 0 Å². The number of amides is 1. The molecule has 0 bridgehead atoms. The molecule has 37 heavy (non-hydrogen) atoms. The summed E-state index contributed by atoms with van der Waals surface area (Å²) in [7, 11) is 1.98. The zero-order valence-corrected chi connectivity index (χ0v) is 21.0. The van der Waals surface area contributed by atoms with Crippen LogP contribution in [0.5, 0.6) is 5.75 Å². The van der Waals surface area contributed by atoms with Crippen molar-refractivity contribution in [3.05, 3.63) is 78.6 Å². The lowest BCUT2D eigenvalue weighted by atomic mass is 10.2. The summed E-state index contributed by atoms with van der Waals surface area (Å²) in [6.07, 6.45) is 8.57. The standard InChI is InChI=1S/C26H25ClN8O2/c1-3-24(36)35-11-8-19(14-35)34(2)23-7-5-21-25(33-23)26(31-16-30-21)32-17-4-6-22(20(27)12-17)37-15-18-13-28-9-10-29-18/h3-7,9-10,12-13,16,19H,1,8,11,14-15H2,2H3,(H,30,31,32). The van der Waals surface area contributed by atoms with Crippen molar-refractivity contribution in [1.29, 1.82) is 0 Å². The molecule has 1 aromatic carbocycles. The Kier molecular flexibility index (Phi) is 7.09. The minimum Gasteiger partial charge on any atom is -0.486 e. The second kappa shape index (κ2) is 10.8. The number of pyridine rings is 1. The van der Waals surface area contributed by atoms with Crippen molar-refractivity contribution in [3.63, 3.8) is 0 Å². The quantitative estimate of drug-likeness (QED) is 0.347. The maximum Gasteiger partial charge on any atom is 0.246 e. The van der Waals surface area contributed by atoms with Gasteiger partial charge >= 0.3 is 0 Å². The molecule has 0 saturated carbocycles. The molecule has 3 aromatic heterocycles. The maximum atomic E-state index is 12.0. The average Bonchev–Trinajstić information content (AvgIpc) is 3.43. The number of halogens is 1. The van der Waals surface area contributed by atoms with Crippen molar-refractivity contribution in [3.8, 4) is 5.75 Å². The Hall–Kier alpha value is -4.31. The highest BCUT2D eigenvalue weighted by molar-refractivity contribution is 6.32.